The van der Waals surface area contributed by atoms with E-state index < -0.39 is 96.5 Å². The summed E-state index contributed by atoms with van der Waals surface area (Å²) in [5.74, 6) is -4.39. The van der Waals surface area contributed by atoms with Crippen molar-refractivity contribution in [2.45, 2.75) is 197 Å². The van der Waals surface area contributed by atoms with Crippen LogP contribution >= 0.6 is 0 Å². The molecule has 4 fully saturated rings. The van der Waals surface area contributed by atoms with Crippen molar-refractivity contribution in [1.82, 2.24) is 61.6 Å². The van der Waals surface area contributed by atoms with Crippen LogP contribution in [-0.2, 0) is 52.6 Å². The monoisotopic (exact) mass is 1800 g/mol. The van der Waals surface area contributed by atoms with Crippen LogP contribution in [0.5, 0.6) is 23.0 Å². The summed E-state index contributed by atoms with van der Waals surface area (Å²) in [6, 6.07) is 15.8. The van der Waals surface area contributed by atoms with Gasteiger partial charge in [-0.3, -0.25) is 87.6 Å². The van der Waals surface area contributed by atoms with Crippen molar-refractivity contribution in [3.63, 3.8) is 0 Å². The quantitative estimate of drug-likeness (QED) is 0.0140. The predicted molar refractivity (Wildman–Crippen MR) is 476 cm³/mol. The molecule has 39 nitrogen and oxygen atoms in total. The number of nitrogens with one attached hydrogen (secondary N) is 8. The lowest BCUT2D eigenvalue weighted by Crippen LogP contribution is -2.56. The van der Waals surface area contributed by atoms with Gasteiger partial charge in [-0.2, -0.15) is 9.97 Å². The molecule has 8 aliphatic rings. The normalized spacial score (nSPS) is 18.7. The molecule has 3 unspecified atom stereocenters. The van der Waals surface area contributed by atoms with Crippen LogP contribution in [0.3, 0.4) is 0 Å². The van der Waals surface area contributed by atoms with Gasteiger partial charge in [0.15, 0.2) is 24.8 Å². The Bertz CT molecular complexity index is 5310. The zero-order chi connectivity index (χ0) is 92.4. The molecule has 696 valence electrons. The minimum Gasteiger partial charge on any atom is -0.495 e. The number of anilines is 8. The summed E-state index contributed by atoms with van der Waals surface area (Å²) in [5.41, 5.74) is 2.89. The molecule has 0 bridgehead atoms. The number of hydrogen-bond donors (Lipinski definition) is 8. The highest BCUT2D eigenvalue weighted by Gasteiger charge is 2.50. The summed E-state index contributed by atoms with van der Waals surface area (Å²) in [7, 11) is 6.48. The van der Waals surface area contributed by atoms with Crippen LogP contribution in [0.25, 0.3) is 0 Å². The Kier molecular flexibility index (Phi) is 31.4. The maximum Gasteiger partial charge on any atom is 0.266 e. The van der Waals surface area contributed by atoms with E-state index in [1.54, 1.807) is 72.7 Å². The van der Waals surface area contributed by atoms with Crippen molar-refractivity contribution in [1.29, 1.82) is 0 Å². The van der Waals surface area contributed by atoms with Crippen molar-refractivity contribution in [2.24, 2.45) is 0 Å². The van der Waals surface area contributed by atoms with E-state index in [9.17, 15) is 67.1 Å². The fraction of sp³-hybridized carbons (Fsp3) is 0.500. The number of fused-ring (bicyclic) bond motifs is 4. The molecule has 8 N–H and O–H groups in total. The third-order valence-electron chi connectivity index (χ3n) is 24.8. The maximum absolute atomic E-state index is 14.8. The lowest BCUT2D eigenvalue weighted by Gasteiger charge is -2.44. The number of nitrogens with zero attached hydrogens (tertiary/aromatic N) is 10. The number of rotatable bonds is 45. The van der Waals surface area contributed by atoms with E-state index in [0.717, 1.165) is 93.3 Å². The van der Waals surface area contributed by atoms with Gasteiger partial charge in [0.25, 0.3) is 47.3 Å². The summed E-state index contributed by atoms with van der Waals surface area (Å²) in [6.07, 6.45) is 17.5. The van der Waals surface area contributed by atoms with Crippen molar-refractivity contribution >= 4 is 129 Å². The minimum absolute atomic E-state index is 0.00736. The Labute approximate surface area is 756 Å². The van der Waals surface area contributed by atoms with Crippen molar-refractivity contribution < 1.29 is 100 Å². The van der Waals surface area contributed by atoms with E-state index in [1.807, 2.05) is 6.92 Å². The Morgan fingerprint density at radius 1 is 0.489 bits per heavy atom. The van der Waals surface area contributed by atoms with Gasteiger partial charge in [0.1, 0.15) is 58.5 Å². The van der Waals surface area contributed by atoms with Gasteiger partial charge in [0.2, 0.25) is 47.3 Å². The molecule has 6 aliphatic heterocycles. The highest BCUT2D eigenvalue weighted by molar-refractivity contribution is 6.26. The summed E-state index contributed by atoms with van der Waals surface area (Å²) in [6.45, 7) is 3.36. The van der Waals surface area contributed by atoms with E-state index in [1.165, 1.54) is 50.6 Å². The van der Waals surface area contributed by atoms with Gasteiger partial charge in [0.05, 0.1) is 86.2 Å². The molecular formula is C92H112N18O21. The van der Waals surface area contributed by atoms with Crippen LogP contribution in [0, 0.1) is 0 Å². The molecule has 14 rings (SSSR count). The summed E-state index contributed by atoms with van der Waals surface area (Å²) < 4.78 is 41.9. The van der Waals surface area contributed by atoms with Crippen molar-refractivity contribution in [3.8, 4) is 23.0 Å². The number of carbonyl (C=O) groups is 14. The van der Waals surface area contributed by atoms with Crippen LogP contribution in [0.2, 0.25) is 0 Å². The zero-order valence-electron chi connectivity index (χ0n) is 74.2. The summed E-state index contributed by atoms with van der Waals surface area (Å²) in [5, 5.41) is 22.5. The summed E-state index contributed by atoms with van der Waals surface area (Å²) in [4.78, 5) is 212. The first kappa shape index (κ1) is 93.8. The molecule has 14 amide bonds. The second kappa shape index (κ2) is 43.9. The molecule has 0 spiro atoms. The number of methoxy groups -OCH3 is 2. The van der Waals surface area contributed by atoms with E-state index in [4.69, 9.17) is 43.1 Å². The van der Waals surface area contributed by atoms with Gasteiger partial charge in [0, 0.05) is 89.5 Å². The first-order valence-corrected chi connectivity index (χ1v) is 45.1. The molecule has 131 heavy (non-hydrogen) atoms. The molecule has 2 aromatic heterocycles. The first-order chi connectivity index (χ1) is 63.5. The molecule has 2 aliphatic carbocycles. The highest BCUT2D eigenvalue weighted by Crippen LogP contribution is 2.45. The lowest BCUT2D eigenvalue weighted by atomic mass is 9.99. The Morgan fingerprint density at radius 3 is 1.40 bits per heavy atom. The molecule has 8 heterocycles. The average molecular weight is 1810 g/mol. The molecule has 2 saturated carbocycles. The number of benzene rings is 4. The predicted octanol–water partition coefficient (Wildman–Crippen LogP) is 7.04. The largest absolute Gasteiger partial charge is 0.495 e. The van der Waals surface area contributed by atoms with Crippen LogP contribution < -0.4 is 81.1 Å². The minimum atomic E-state index is -1.17. The fourth-order valence-corrected chi connectivity index (χ4v) is 18.0. The molecule has 5 atom stereocenters. The second-order valence-electron chi connectivity index (χ2n) is 33.4. The van der Waals surface area contributed by atoms with Gasteiger partial charge in [-0.05, 0) is 144 Å². The highest BCUT2D eigenvalue weighted by atomic mass is 16.6. The van der Waals surface area contributed by atoms with Gasteiger partial charge in [-0.25, -0.2) is 9.97 Å². The third kappa shape index (κ3) is 21.9. The number of amides is 14. The molecular weight excluding hydrogens is 1690 g/mol. The van der Waals surface area contributed by atoms with Gasteiger partial charge < -0.3 is 84.7 Å². The van der Waals surface area contributed by atoms with Crippen LogP contribution in [0.1, 0.15) is 217 Å². The van der Waals surface area contributed by atoms with Crippen molar-refractivity contribution in [2.75, 3.05) is 131 Å². The van der Waals surface area contributed by atoms with E-state index in [0.29, 0.717) is 115 Å². The molecule has 39 heteroatoms. The van der Waals surface area contributed by atoms with Crippen LogP contribution in [0.4, 0.5) is 46.3 Å². The van der Waals surface area contributed by atoms with Gasteiger partial charge in [-0.15, -0.1) is 0 Å². The third-order valence-corrected chi connectivity index (χ3v) is 24.8. The molecule has 4 aromatic carbocycles. The second-order valence-corrected chi connectivity index (χ2v) is 33.4. The zero-order valence-corrected chi connectivity index (χ0v) is 74.2. The number of piperidine rings is 2. The Hall–Kier alpha value is -13.3. The SMILES string of the molecule is CC[C@@H]1C(=O)N(C)c2cnc(Nc3ccc(C(=O)NCCCOCC(CC[C@@H]4C(=O)N(C)c5cnc(Nc6ccc(C(=O)NCCCCCCCCNC(=O)COc7cccc8c7C(=O)N(C7CCC(=O)NC7=O)C8=O)cc6OC)nc5N4C4CCCC4)OCCOCCCNC(=O)COc4cccc5c4C(=O)N(C4CCC(=O)NC4=O)C5=O)cc3OC)nc2N1C1CCCC1. The number of hydrogen-bond acceptors (Lipinski definition) is 29. The lowest BCUT2D eigenvalue weighted by molar-refractivity contribution is -0.137. The topological polar surface area (TPSA) is 471 Å². The average Bonchev–Trinajstić information content (AvgIpc) is 1.64. The van der Waals surface area contributed by atoms with E-state index >= 15 is 0 Å². The first-order valence-electron chi connectivity index (χ1n) is 45.1. The summed E-state index contributed by atoms with van der Waals surface area (Å²) >= 11 is 0. The number of aromatic nitrogens is 4. The van der Waals surface area contributed by atoms with E-state index in [2.05, 4.69) is 62.3 Å². The van der Waals surface area contributed by atoms with Gasteiger partial charge >= 0.3 is 0 Å². The van der Waals surface area contributed by atoms with E-state index in [-0.39, 0.29) is 153 Å². The number of likely N-dealkylation sites (N-methyl/N-ethyl adjacent to an activating group) is 2. The molecule has 0 radical (unpaired) electrons. The molecule has 2 saturated heterocycles. The number of unbranched alkanes of at least 4 members (excludes halogenated alkanes) is 5. The number of carbonyl (C=O) groups excluding carboxylic acids is 14. The van der Waals surface area contributed by atoms with Crippen LogP contribution in [-0.4, -0.2) is 256 Å². The Morgan fingerprint density at radius 2 is 0.931 bits per heavy atom. The fourth-order valence-electron chi connectivity index (χ4n) is 18.0. The van der Waals surface area contributed by atoms with Gasteiger partial charge in [-0.1, -0.05) is 70.4 Å². The molecule has 6 aromatic rings. The smallest absolute Gasteiger partial charge is 0.266 e. The standard InChI is InChI=1S/C92H112N18O21/c1-6-63-87(121)105(2)67-49-97-91(103-79(67)107(63)56-21-11-12-22-56)99-61-33-30-55(48-72(61)126-5)82(116)96-42-20-44-128-51-58(129-46-45-127-43-19-41-94-76(114)53-131-70-28-18-26-60-78(70)90(124)110(86(60)120)65-36-38-74(112)102-84(65)118)31-34-66-88(122)106(3)68-50-98-92(104-80(68)108(66)57-23-13-14-24-57)100-62-32-29-54(47-71(62)125-4)81(115)95-40-16-10-8-7-9-15-39-93-75(113)52-130-69-27-17-25-59-77(69)89(123)109(85(59)119)64-35-37-73(111)101-83(64)117/h17-18,25-30,32-33,47-50,56-58,63-66H,6-16,19-24,31,34-46,51-53H2,1-5H3,(H,93,113)(H,94,114)(H,95,115)(H,96,116)(H,97,99,103)(H,98,100,104)(H,101,111,117)(H,102,112,118)/t58?,63-,64?,65?,66-/m1/s1. The number of ether oxygens (including phenoxy) is 7. The van der Waals surface area contributed by atoms with Crippen molar-refractivity contribution in [3.05, 3.63) is 119 Å². The van der Waals surface area contributed by atoms with Crippen LogP contribution in [0.15, 0.2) is 85.2 Å². The number of imide groups is 4. The maximum atomic E-state index is 14.8. The Balaban J connectivity index is 0.547.